The first-order valence-electron chi connectivity index (χ1n) is 6.01. The number of para-hydroxylation sites is 1. The van der Waals surface area contributed by atoms with Crippen LogP contribution in [-0.2, 0) is 0 Å². The molecule has 0 saturated heterocycles. The van der Waals surface area contributed by atoms with Crippen molar-refractivity contribution >= 4 is 34.5 Å². The highest BCUT2D eigenvalue weighted by Gasteiger charge is 2.24. The van der Waals surface area contributed by atoms with E-state index in [-0.39, 0.29) is 11.9 Å². The molecule has 5 heteroatoms. The van der Waals surface area contributed by atoms with Gasteiger partial charge in [0.1, 0.15) is 5.15 Å². The SMILES string of the molecule is Cc1ccccc1N(C(=O)c1nc(Cl)cs1)C(C)C. The van der Waals surface area contributed by atoms with E-state index in [1.54, 1.807) is 10.3 Å². The minimum absolute atomic E-state index is 0.0521. The zero-order valence-corrected chi connectivity index (χ0v) is 12.6. The highest BCUT2D eigenvalue weighted by atomic mass is 35.5. The number of nitrogens with zero attached hydrogens (tertiary/aromatic N) is 2. The van der Waals surface area contributed by atoms with Crippen molar-refractivity contribution in [3.63, 3.8) is 0 Å². The molecular formula is C14H15ClN2OS. The Morgan fingerprint density at radius 1 is 1.37 bits per heavy atom. The fourth-order valence-corrected chi connectivity index (χ4v) is 2.79. The van der Waals surface area contributed by atoms with Gasteiger partial charge in [0.15, 0.2) is 5.01 Å². The van der Waals surface area contributed by atoms with Crippen molar-refractivity contribution in [2.24, 2.45) is 0 Å². The van der Waals surface area contributed by atoms with Crippen LogP contribution in [0.2, 0.25) is 5.15 Å². The fraction of sp³-hybridized carbons (Fsp3) is 0.286. The number of benzene rings is 1. The van der Waals surface area contributed by atoms with Crippen LogP contribution in [-0.4, -0.2) is 16.9 Å². The average Bonchev–Trinajstić information content (AvgIpc) is 2.78. The van der Waals surface area contributed by atoms with Crippen LogP contribution in [0.3, 0.4) is 0 Å². The molecule has 0 fully saturated rings. The molecule has 1 aromatic carbocycles. The minimum atomic E-state index is -0.110. The van der Waals surface area contributed by atoms with Gasteiger partial charge in [0.05, 0.1) is 0 Å². The Balaban J connectivity index is 2.42. The van der Waals surface area contributed by atoms with Crippen molar-refractivity contribution in [2.45, 2.75) is 26.8 Å². The molecule has 0 aliphatic rings. The molecule has 1 heterocycles. The van der Waals surface area contributed by atoms with E-state index in [4.69, 9.17) is 11.6 Å². The van der Waals surface area contributed by atoms with Crippen LogP contribution >= 0.6 is 22.9 Å². The number of aryl methyl sites for hydroxylation is 1. The standard InChI is InChI=1S/C14H15ClN2OS/c1-9(2)17(11-7-5-4-6-10(11)3)14(18)13-16-12(15)8-19-13/h4-9H,1-3H3. The first-order valence-corrected chi connectivity index (χ1v) is 7.26. The first kappa shape index (κ1) is 14.0. The van der Waals surface area contributed by atoms with E-state index in [0.717, 1.165) is 11.3 Å². The molecule has 0 aliphatic carbocycles. The zero-order valence-electron chi connectivity index (χ0n) is 11.1. The topological polar surface area (TPSA) is 33.2 Å². The Kier molecular flexibility index (Phi) is 4.22. The van der Waals surface area contributed by atoms with Crippen LogP contribution in [0.25, 0.3) is 0 Å². The van der Waals surface area contributed by atoms with Gasteiger partial charge in [-0.15, -0.1) is 11.3 Å². The van der Waals surface area contributed by atoms with Crippen molar-refractivity contribution < 1.29 is 4.79 Å². The van der Waals surface area contributed by atoms with Gasteiger partial charge < -0.3 is 4.90 Å². The molecule has 0 radical (unpaired) electrons. The van der Waals surface area contributed by atoms with Crippen LogP contribution in [0.1, 0.15) is 29.2 Å². The van der Waals surface area contributed by atoms with E-state index >= 15 is 0 Å². The average molecular weight is 295 g/mol. The third-order valence-corrected chi connectivity index (χ3v) is 3.92. The molecule has 2 aromatic rings. The third kappa shape index (κ3) is 2.96. The summed E-state index contributed by atoms with van der Waals surface area (Å²) in [5, 5.41) is 2.45. The maximum atomic E-state index is 12.6. The lowest BCUT2D eigenvalue weighted by Gasteiger charge is -2.27. The smallest absolute Gasteiger partial charge is 0.287 e. The van der Waals surface area contributed by atoms with Crippen molar-refractivity contribution in [1.82, 2.24) is 4.98 Å². The number of halogens is 1. The summed E-state index contributed by atoms with van der Waals surface area (Å²) in [6, 6.07) is 7.88. The Morgan fingerprint density at radius 3 is 2.58 bits per heavy atom. The maximum Gasteiger partial charge on any atom is 0.287 e. The number of amides is 1. The van der Waals surface area contributed by atoms with Crippen molar-refractivity contribution in [3.8, 4) is 0 Å². The fourth-order valence-electron chi connectivity index (χ4n) is 1.91. The molecule has 19 heavy (non-hydrogen) atoms. The predicted octanol–water partition coefficient (Wildman–Crippen LogP) is 4.16. The zero-order chi connectivity index (χ0) is 14.0. The molecular weight excluding hydrogens is 280 g/mol. The van der Waals surface area contributed by atoms with E-state index in [2.05, 4.69) is 4.98 Å². The molecule has 0 bridgehead atoms. The number of aromatic nitrogens is 1. The second-order valence-electron chi connectivity index (χ2n) is 4.53. The van der Waals surface area contributed by atoms with Gasteiger partial charge in [-0.25, -0.2) is 4.98 Å². The summed E-state index contributed by atoms with van der Waals surface area (Å²) in [7, 11) is 0. The predicted molar refractivity (Wildman–Crippen MR) is 80.2 cm³/mol. The first-order chi connectivity index (χ1) is 9.00. The summed E-state index contributed by atoms with van der Waals surface area (Å²) in [6.45, 7) is 5.96. The normalized spacial score (nSPS) is 10.8. The van der Waals surface area contributed by atoms with Gasteiger partial charge >= 0.3 is 0 Å². The van der Waals surface area contributed by atoms with Crippen LogP contribution in [0, 0.1) is 6.92 Å². The number of anilines is 1. The molecule has 3 nitrogen and oxygen atoms in total. The molecule has 0 unspecified atom stereocenters. The lowest BCUT2D eigenvalue weighted by molar-refractivity contribution is 0.0979. The summed E-state index contributed by atoms with van der Waals surface area (Å²) in [4.78, 5) is 18.4. The van der Waals surface area contributed by atoms with Crippen LogP contribution in [0.5, 0.6) is 0 Å². The molecule has 1 aromatic heterocycles. The monoisotopic (exact) mass is 294 g/mol. The number of hydrogen-bond acceptors (Lipinski definition) is 3. The van der Waals surface area contributed by atoms with E-state index in [0.29, 0.717) is 10.2 Å². The van der Waals surface area contributed by atoms with Gasteiger partial charge in [-0.1, -0.05) is 29.8 Å². The molecule has 0 saturated carbocycles. The van der Waals surface area contributed by atoms with E-state index in [1.165, 1.54) is 11.3 Å². The van der Waals surface area contributed by atoms with E-state index in [1.807, 2.05) is 45.0 Å². The van der Waals surface area contributed by atoms with Crippen LogP contribution in [0.15, 0.2) is 29.6 Å². The summed E-state index contributed by atoms with van der Waals surface area (Å²) < 4.78 is 0. The van der Waals surface area contributed by atoms with Crippen molar-refractivity contribution in [1.29, 1.82) is 0 Å². The highest BCUT2D eigenvalue weighted by Crippen LogP contribution is 2.25. The second-order valence-corrected chi connectivity index (χ2v) is 5.78. The summed E-state index contributed by atoms with van der Waals surface area (Å²) >= 11 is 7.06. The van der Waals surface area contributed by atoms with Gasteiger partial charge in [-0.05, 0) is 32.4 Å². The Labute approximate surface area is 121 Å². The molecule has 2 rings (SSSR count). The lowest BCUT2D eigenvalue weighted by atomic mass is 10.1. The van der Waals surface area contributed by atoms with E-state index in [9.17, 15) is 4.79 Å². The Hall–Kier alpha value is -1.39. The molecule has 100 valence electrons. The van der Waals surface area contributed by atoms with Gasteiger partial charge in [0.2, 0.25) is 0 Å². The Bertz CT molecular complexity index is 595. The number of thiazole rings is 1. The minimum Gasteiger partial charge on any atom is -0.304 e. The quantitative estimate of drug-likeness (QED) is 0.851. The van der Waals surface area contributed by atoms with Gasteiger partial charge in [0.25, 0.3) is 5.91 Å². The van der Waals surface area contributed by atoms with Crippen molar-refractivity contribution in [2.75, 3.05) is 4.90 Å². The molecule has 0 N–H and O–H groups in total. The van der Waals surface area contributed by atoms with E-state index < -0.39 is 0 Å². The molecule has 0 aliphatic heterocycles. The van der Waals surface area contributed by atoms with Crippen molar-refractivity contribution in [3.05, 3.63) is 45.4 Å². The van der Waals surface area contributed by atoms with Gasteiger partial charge in [0, 0.05) is 17.1 Å². The largest absolute Gasteiger partial charge is 0.304 e. The number of carbonyl (C=O) groups is 1. The summed E-state index contributed by atoms with van der Waals surface area (Å²) in [6.07, 6.45) is 0. The summed E-state index contributed by atoms with van der Waals surface area (Å²) in [5.74, 6) is -0.110. The Morgan fingerprint density at radius 2 is 2.05 bits per heavy atom. The van der Waals surface area contributed by atoms with Gasteiger partial charge in [-0.3, -0.25) is 4.79 Å². The number of carbonyl (C=O) groups excluding carboxylic acids is 1. The summed E-state index contributed by atoms with van der Waals surface area (Å²) in [5.41, 5.74) is 1.97. The number of hydrogen-bond donors (Lipinski definition) is 0. The van der Waals surface area contributed by atoms with Crippen LogP contribution in [0.4, 0.5) is 5.69 Å². The third-order valence-electron chi connectivity index (χ3n) is 2.77. The second kappa shape index (κ2) is 5.72. The van der Waals surface area contributed by atoms with Crippen LogP contribution < -0.4 is 4.90 Å². The molecule has 0 spiro atoms. The maximum absolute atomic E-state index is 12.6. The molecule has 1 amide bonds. The van der Waals surface area contributed by atoms with Gasteiger partial charge in [-0.2, -0.15) is 0 Å². The molecule has 0 atom stereocenters. The lowest BCUT2D eigenvalue weighted by Crippen LogP contribution is -2.37. The highest BCUT2D eigenvalue weighted by molar-refractivity contribution is 7.12. The number of rotatable bonds is 3.